The molecule has 1 unspecified atom stereocenters. The van der Waals surface area contributed by atoms with Crippen LogP contribution in [-0.4, -0.2) is 47.3 Å². The van der Waals surface area contributed by atoms with Crippen molar-refractivity contribution in [2.75, 3.05) is 30.8 Å². The lowest BCUT2D eigenvalue weighted by atomic mass is 10.1. The summed E-state index contributed by atoms with van der Waals surface area (Å²) >= 11 is 0. The van der Waals surface area contributed by atoms with Gasteiger partial charge in [-0.1, -0.05) is 18.9 Å². The second-order valence-corrected chi connectivity index (χ2v) is 8.00. The summed E-state index contributed by atoms with van der Waals surface area (Å²) in [5, 5.41) is 19.5. The van der Waals surface area contributed by atoms with Crippen molar-refractivity contribution in [3.05, 3.63) is 41.1 Å². The molecule has 1 aliphatic rings. The van der Waals surface area contributed by atoms with Crippen LogP contribution in [0, 0.1) is 6.92 Å². The highest BCUT2D eigenvalue weighted by atomic mass is 16.5. The summed E-state index contributed by atoms with van der Waals surface area (Å²) in [6.07, 6.45) is 6.73. The van der Waals surface area contributed by atoms with Gasteiger partial charge in [0, 0.05) is 25.8 Å². The minimum atomic E-state index is -0.271. The molecule has 4 N–H and O–H groups in total. The topological polar surface area (TPSA) is 108 Å². The predicted octanol–water partition coefficient (Wildman–Crippen LogP) is 3.26. The summed E-state index contributed by atoms with van der Waals surface area (Å²) in [6.45, 7) is 3.76. The summed E-state index contributed by atoms with van der Waals surface area (Å²) in [6, 6.07) is 5.87. The van der Waals surface area contributed by atoms with Gasteiger partial charge in [-0.15, -0.1) is 0 Å². The van der Waals surface area contributed by atoms with E-state index in [2.05, 4.69) is 25.9 Å². The molecule has 2 bridgehead atoms. The normalized spacial score (nSPS) is 17.6. The highest BCUT2D eigenvalue weighted by Crippen LogP contribution is 2.18. The number of carbonyl (C=O) groups is 1. The molecule has 8 heteroatoms. The summed E-state index contributed by atoms with van der Waals surface area (Å²) in [5.41, 5.74) is 2.43. The molecule has 31 heavy (non-hydrogen) atoms. The van der Waals surface area contributed by atoms with E-state index in [1.165, 1.54) is 0 Å². The third-order valence-electron chi connectivity index (χ3n) is 5.34. The second kappa shape index (κ2) is 11.5. The predicted molar refractivity (Wildman–Crippen MR) is 122 cm³/mol. The van der Waals surface area contributed by atoms with Crippen molar-refractivity contribution >= 4 is 17.7 Å². The number of hydrogen-bond acceptors (Lipinski definition) is 7. The van der Waals surface area contributed by atoms with Gasteiger partial charge in [0.25, 0.3) is 5.91 Å². The standard InChI is InChI=1S/C23H33N5O3/c1-16-11-17(13-19(12-16)31-2)14-26-22(30)20-15-27-23-25-9-5-3-4-7-18(29)8-6-10-24-21(20)28-23/h11-13,15,18,29H,3-10,14H2,1-2H3,(H,26,30)(H2,24,25,27,28). The van der Waals surface area contributed by atoms with Crippen LogP contribution in [0.2, 0.25) is 0 Å². The first-order chi connectivity index (χ1) is 15.0. The Morgan fingerprint density at radius 3 is 2.81 bits per heavy atom. The van der Waals surface area contributed by atoms with Gasteiger partial charge in [-0.3, -0.25) is 4.79 Å². The van der Waals surface area contributed by atoms with Crippen LogP contribution >= 0.6 is 0 Å². The number of amides is 1. The largest absolute Gasteiger partial charge is 0.497 e. The SMILES string of the molecule is COc1cc(C)cc(CNC(=O)c2cnc3nc2NCCCC(O)CCCCCN3)c1. The second-order valence-electron chi connectivity index (χ2n) is 8.00. The molecule has 1 aromatic carbocycles. The number of hydrogen-bond donors (Lipinski definition) is 4. The van der Waals surface area contributed by atoms with Crippen molar-refractivity contribution in [1.29, 1.82) is 0 Å². The Balaban J connectivity index is 1.70. The quantitative estimate of drug-likeness (QED) is 0.593. The van der Waals surface area contributed by atoms with Crippen LogP contribution < -0.4 is 20.7 Å². The van der Waals surface area contributed by atoms with Crippen LogP contribution in [-0.2, 0) is 6.54 Å². The Kier molecular flexibility index (Phi) is 8.46. The average Bonchev–Trinajstić information content (AvgIpc) is 2.76. The smallest absolute Gasteiger partial charge is 0.256 e. The first-order valence-electron chi connectivity index (χ1n) is 11.0. The first kappa shape index (κ1) is 22.8. The number of methoxy groups -OCH3 is 1. The number of aliphatic hydroxyl groups is 1. The zero-order valence-corrected chi connectivity index (χ0v) is 18.4. The van der Waals surface area contributed by atoms with Crippen LogP contribution in [0.5, 0.6) is 5.75 Å². The number of benzene rings is 1. The molecule has 1 atom stereocenters. The third-order valence-corrected chi connectivity index (χ3v) is 5.34. The maximum atomic E-state index is 12.9. The van der Waals surface area contributed by atoms with Crippen LogP contribution in [0.1, 0.15) is 60.0 Å². The number of rotatable bonds is 4. The van der Waals surface area contributed by atoms with Gasteiger partial charge in [0.05, 0.1) is 13.2 Å². The number of aliphatic hydroxyl groups excluding tert-OH is 1. The monoisotopic (exact) mass is 427 g/mol. The molecule has 0 spiro atoms. The average molecular weight is 428 g/mol. The van der Waals surface area contributed by atoms with Crippen molar-refractivity contribution in [2.45, 2.75) is 58.1 Å². The number of ether oxygens (including phenoxy) is 1. The molecular weight excluding hydrogens is 394 g/mol. The molecule has 0 saturated carbocycles. The Morgan fingerprint density at radius 1 is 1.16 bits per heavy atom. The molecular formula is C23H33N5O3. The number of aromatic nitrogens is 2. The molecule has 1 aromatic heterocycles. The van der Waals surface area contributed by atoms with Gasteiger partial charge in [-0.2, -0.15) is 4.98 Å². The fourth-order valence-electron chi connectivity index (χ4n) is 3.66. The highest BCUT2D eigenvalue weighted by Gasteiger charge is 2.15. The van der Waals surface area contributed by atoms with Crippen molar-refractivity contribution < 1.29 is 14.6 Å². The van der Waals surface area contributed by atoms with Crippen molar-refractivity contribution in [1.82, 2.24) is 15.3 Å². The molecule has 2 aromatic rings. The van der Waals surface area contributed by atoms with Gasteiger partial charge < -0.3 is 25.8 Å². The maximum Gasteiger partial charge on any atom is 0.256 e. The van der Waals surface area contributed by atoms with E-state index >= 15 is 0 Å². The van der Waals surface area contributed by atoms with E-state index in [4.69, 9.17) is 4.74 Å². The molecule has 3 rings (SSSR count). The molecule has 1 amide bonds. The molecule has 2 heterocycles. The molecule has 0 saturated heterocycles. The number of aryl methyl sites for hydroxylation is 1. The minimum absolute atomic E-state index is 0.240. The number of fused-ring (bicyclic) bond motifs is 2. The molecule has 0 aliphatic carbocycles. The number of anilines is 2. The van der Waals surface area contributed by atoms with E-state index in [-0.39, 0.29) is 12.0 Å². The fraction of sp³-hybridized carbons (Fsp3) is 0.522. The summed E-state index contributed by atoms with van der Waals surface area (Å²) in [5.74, 6) is 1.54. The van der Waals surface area contributed by atoms with E-state index in [0.717, 1.165) is 61.9 Å². The highest BCUT2D eigenvalue weighted by molar-refractivity contribution is 5.98. The first-order valence-corrected chi connectivity index (χ1v) is 11.0. The van der Waals surface area contributed by atoms with E-state index < -0.39 is 0 Å². The zero-order valence-electron chi connectivity index (χ0n) is 18.4. The third kappa shape index (κ3) is 7.10. The van der Waals surface area contributed by atoms with Gasteiger partial charge in [0.2, 0.25) is 5.95 Å². The van der Waals surface area contributed by atoms with Gasteiger partial charge >= 0.3 is 0 Å². The summed E-state index contributed by atoms with van der Waals surface area (Å²) in [4.78, 5) is 21.7. The van der Waals surface area contributed by atoms with Crippen LogP contribution in [0.25, 0.3) is 0 Å². The maximum absolute atomic E-state index is 12.9. The number of nitrogens with zero attached hydrogens (tertiary/aromatic N) is 2. The van der Waals surface area contributed by atoms with E-state index in [9.17, 15) is 9.90 Å². The molecule has 0 radical (unpaired) electrons. The van der Waals surface area contributed by atoms with E-state index in [1.54, 1.807) is 13.3 Å². The molecule has 168 valence electrons. The van der Waals surface area contributed by atoms with Gasteiger partial charge in [-0.05, 0) is 55.9 Å². The Morgan fingerprint density at radius 2 is 1.97 bits per heavy atom. The van der Waals surface area contributed by atoms with Crippen LogP contribution in [0.15, 0.2) is 24.4 Å². The van der Waals surface area contributed by atoms with Crippen molar-refractivity contribution in [3.8, 4) is 5.75 Å². The number of carbonyl (C=O) groups excluding carboxylic acids is 1. The molecule has 1 aliphatic heterocycles. The lowest BCUT2D eigenvalue weighted by molar-refractivity contribution is 0.0951. The summed E-state index contributed by atoms with van der Waals surface area (Å²) < 4.78 is 5.31. The van der Waals surface area contributed by atoms with Crippen molar-refractivity contribution in [3.63, 3.8) is 0 Å². The molecule has 8 nitrogen and oxygen atoms in total. The molecule has 0 fully saturated rings. The van der Waals surface area contributed by atoms with E-state index in [1.807, 2.05) is 25.1 Å². The van der Waals surface area contributed by atoms with Gasteiger partial charge in [-0.25, -0.2) is 4.98 Å². The minimum Gasteiger partial charge on any atom is -0.497 e. The zero-order chi connectivity index (χ0) is 22.1. The van der Waals surface area contributed by atoms with Gasteiger partial charge in [0.1, 0.15) is 17.1 Å². The van der Waals surface area contributed by atoms with Crippen molar-refractivity contribution in [2.24, 2.45) is 0 Å². The fourth-order valence-corrected chi connectivity index (χ4v) is 3.66. The summed E-state index contributed by atoms with van der Waals surface area (Å²) in [7, 11) is 1.63. The van der Waals surface area contributed by atoms with Crippen LogP contribution in [0.3, 0.4) is 0 Å². The lowest BCUT2D eigenvalue weighted by Crippen LogP contribution is -2.25. The van der Waals surface area contributed by atoms with Crippen LogP contribution in [0.4, 0.5) is 11.8 Å². The Hall–Kier alpha value is -2.87. The lowest BCUT2D eigenvalue weighted by Gasteiger charge is -2.15. The van der Waals surface area contributed by atoms with E-state index in [0.29, 0.717) is 30.4 Å². The van der Waals surface area contributed by atoms with Gasteiger partial charge in [0.15, 0.2) is 0 Å². The Bertz CT molecular complexity index is 874. The Labute approximate surface area is 183 Å². The number of nitrogens with one attached hydrogen (secondary N) is 3.